The average molecular weight is 307 g/mol. The molecule has 22 heavy (non-hydrogen) atoms. The zero-order valence-electron chi connectivity index (χ0n) is 13.6. The fourth-order valence-electron chi connectivity index (χ4n) is 3.86. The lowest BCUT2D eigenvalue weighted by atomic mass is 9.86. The van der Waals surface area contributed by atoms with E-state index in [9.17, 15) is 9.59 Å². The van der Waals surface area contributed by atoms with Gasteiger partial charge in [0.15, 0.2) is 0 Å². The molecule has 3 aliphatic rings. The molecule has 1 N–H and O–H groups in total. The minimum Gasteiger partial charge on any atom is -0.339 e. The summed E-state index contributed by atoms with van der Waals surface area (Å²) in [5.41, 5.74) is 0. The van der Waals surface area contributed by atoms with Gasteiger partial charge in [-0.25, -0.2) is 0 Å². The van der Waals surface area contributed by atoms with Crippen molar-refractivity contribution in [3.8, 4) is 0 Å². The van der Waals surface area contributed by atoms with Crippen molar-refractivity contribution in [2.45, 2.75) is 44.9 Å². The van der Waals surface area contributed by atoms with E-state index in [4.69, 9.17) is 0 Å². The second kappa shape index (κ2) is 7.44. The van der Waals surface area contributed by atoms with Crippen LogP contribution in [-0.4, -0.2) is 60.9 Å². The van der Waals surface area contributed by atoms with Crippen molar-refractivity contribution in [2.24, 2.45) is 11.8 Å². The number of amides is 2. The monoisotopic (exact) mass is 307 g/mol. The molecule has 1 aliphatic carbocycles. The zero-order chi connectivity index (χ0) is 15.4. The van der Waals surface area contributed by atoms with Gasteiger partial charge in [0.25, 0.3) is 0 Å². The topological polar surface area (TPSA) is 52.7 Å². The van der Waals surface area contributed by atoms with Gasteiger partial charge in [-0.05, 0) is 12.3 Å². The van der Waals surface area contributed by atoms with Crippen LogP contribution >= 0.6 is 0 Å². The van der Waals surface area contributed by atoms with Gasteiger partial charge >= 0.3 is 0 Å². The summed E-state index contributed by atoms with van der Waals surface area (Å²) in [6, 6.07) is 0. The Morgan fingerprint density at radius 2 is 1.55 bits per heavy atom. The number of hydrogen-bond acceptors (Lipinski definition) is 3. The summed E-state index contributed by atoms with van der Waals surface area (Å²) in [6.07, 6.45) is 8.44. The van der Waals surface area contributed by atoms with Crippen LogP contribution in [0.5, 0.6) is 0 Å². The van der Waals surface area contributed by atoms with Gasteiger partial charge in [0.05, 0.1) is 5.92 Å². The molecule has 124 valence electrons. The average Bonchev–Trinajstić information content (AvgIpc) is 2.52. The van der Waals surface area contributed by atoms with E-state index < -0.39 is 0 Å². The molecular formula is C17H29N3O2. The van der Waals surface area contributed by atoms with Crippen LogP contribution in [0.3, 0.4) is 0 Å². The molecular weight excluding hydrogens is 278 g/mol. The Bertz CT molecular complexity index is 395. The molecule has 0 atom stereocenters. The quantitative estimate of drug-likeness (QED) is 0.850. The standard InChI is InChI=1S/C17H29N3O2/c21-16(7-6-14-4-2-1-3-5-14)19-8-10-20(11-9-19)17(22)15-12-18-13-15/h14-15,18H,1-13H2. The van der Waals surface area contributed by atoms with E-state index in [0.717, 1.165) is 38.5 Å². The predicted octanol–water partition coefficient (Wildman–Crippen LogP) is 1.24. The molecule has 3 fully saturated rings. The van der Waals surface area contributed by atoms with Crippen LogP contribution in [0.4, 0.5) is 0 Å². The van der Waals surface area contributed by atoms with E-state index in [1.54, 1.807) is 0 Å². The SMILES string of the molecule is O=C(CCC1CCCCC1)N1CCN(C(=O)C2CNC2)CC1. The van der Waals surface area contributed by atoms with Crippen molar-refractivity contribution in [2.75, 3.05) is 39.3 Å². The highest BCUT2D eigenvalue weighted by Gasteiger charge is 2.31. The summed E-state index contributed by atoms with van der Waals surface area (Å²) in [7, 11) is 0. The minimum absolute atomic E-state index is 0.175. The van der Waals surface area contributed by atoms with Crippen LogP contribution < -0.4 is 5.32 Å². The van der Waals surface area contributed by atoms with E-state index in [2.05, 4.69) is 5.32 Å². The minimum atomic E-state index is 0.175. The van der Waals surface area contributed by atoms with Crippen molar-refractivity contribution >= 4 is 11.8 Å². The van der Waals surface area contributed by atoms with Crippen LogP contribution in [0.15, 0.2) is 0 Å². The number of piperazine rings is 1. The molecule has 2 saturated heterocycles. The third-order valence-electron chi connectivity index (χ3n) is 5.57. The molecule has 2 aliphatic heterocycles. The first-order valence-corrected chi connectivity index (χ1v) is 9.01. The Labute approximate surface area is 133 Å². The Hall–Kier alpha value is -1.10. The van der Waals surface area contributed by atoms with Gasteiger partial charge in [0, 0.05) is 45.7 Å². The normalized spacial score (nSPS) is 24.2. The summed E-state index contributed by atoms with van der Waals surface area (Å²) in [6.45, 7) is 4.50. The van der Waals surface area contributed by atoms with Crippen molar-refractivity contribution < 1.29 is 9.59 Å². The summed E-state index contributed by atoms with van der Waals surface area (Å²) in [5.74, 6) is 1.51. The third-order valence-corrected chi connectivity index (χ3v) is 5.57. The van der Waals surface area contributed by atoms with E-state index in [1.165, 1.54) is 32.1 Å². The first-order chi connectivity index (χ1) is 10.7. The molecule has 0 aromatic rings. The molecule has 0 bridgehead atoms. The first-order valence-electron chi connectivity index (χ1n) is 9.01. The summed E-state index contributed by atoms with van der Waals surface area (Å²) in [4.78, 5) is 28.4. The Morgan fingerprint density at radius 1 is 0.909 bits per heavy atom. The van der Waals surface area contributed by atoms with Gasteiger partial charge < -0.3 is 15.1 Å². The van der Waals surface area contributed by atoms with Gasteiger partial charge in [-0.15, -0.1) is 0 Å². The van der Waals surface area contributed by atoms with E-state index in [-0.39, 0.29) is 11.8 Å². The van der Waals surface area contributed by atoms with Crippen molar-refractivity contribution in [3.63, 3.8) is 0 Å². The van der Waals surface area contributed by atoms with E-state index in [0.29, 0.717) is 25.4 Å². The third kappa shape index (κ3) is 3.80. The molecule has 1 saturated carbocycles. The number of rotatable bonds is 4. The smallest absolute Gasteiger partial charge is 0.228 e. The Kier molecular flexibility index (Phi) is 5.34. The number of nitrogens with zero attached hydrogens (tertiary/aromatic N) is 2. The fraction of sp³-hybridized carbons (Fsp3) is 0.882. The molecule has 5 nitrogen and oxygen atoms in total. The molecule has 2 heterocycles. The maximum atomic E-state index is 12.3. The van der Waals surface area contributed by atoms with E-state index in [1.807, 2.05) is 9.80 Å². The lowest BCUT2D eigenvalue weighted by molar-refractivity contribution is -0.143. The second-order valence-corrected chi connectivity index (χ2v) is 7.10. The van der Waals surface area contributed by atoms with E-state index >= 15 is 0 Å². The van der Waals surface area contributed by atoms with Crippen LogP contribution in [0, 0.1) is 11.8 Å². The summed E-state index contributed by atoms with van der Waals surface area (Å²) >= 11 is 0. The van der Waals surface area contributed by atoms with Crippen LogP contribution in [0.25, 0.3) is 0 Å². The first kappa shape index (κ1) is 15.8. The van der Waals surface area contributed by atoms with Crippen LogP contribution in [0.2, 0.25) is 0 Å². The van der Waals surface area contributed by atoms with Crippen LogP contribution in [0.1, 0.15) is 44.9 Å². The number of nitrogens with one attached hydrogen (secondary N) is 1. The molecule has 3 rings (SSSR count). The Morgan fingerprint density at radius 3 is 2.14 bits per heavy atom. The molecule has 0 aromatic carbocycles. The molecule has 0 radical (unpaired) electrons. The van der Waals surface area contributed by atoms with Gasteiger partial charge in [-0.2, -0.15) is 0 Å². The van der Waals surface area contributed by atoms with Gasteiger partial charge in [0.1, 0.15) is 0 Å². The van der Waals surface area contributed by atoms with Gasteiger partial charge in [0.2, 0.25) is 11.8 Å². The largest absolute Gasteiger partial charge is 0.339 e. The number of carbonyl (C=O) groups is 2. The van der Waals surface area contributed by atoms with Gasteiger partial charge in [-0.1, -0.05) is 32.1 Å². The van der Waals surface area contributed by atoms with Crippen molar-refractivity contribution in [3.05, 3.63) is 0 Å². The molecule has 0 unspecified atom stereocenters. The maximum Gasteiger partial charge on any atom is 0.228 e. The summed E-state index contributed by atoms with van der Waals surface area (Å²) in [5, 5.41) is 3.14. The highest BCUT2D eigenvalue weighted by atomic mass is 16.2. The molecule has 0 spiro atoms. The van der Waals surface area contributed by atoms with Crippen LogP contribution in [-0.2, 0) is 9.59 Å². The van der Waals surface area contributed by atoms with Crippen molar-refractivity contribution in [1.82, 2.24) is 15.1 Å². The number of carbonyl (C=O) groups excluding carboxylic acids is 2. The van der Waals surface area contributed by atoms with Gasteiger partial charge in [-0.3, -0.25) is 9.59 Å². The fourth-order valence-corrected chi connectivity index (χ4v) is 3.86. The second-order valence-electron chi connectivity index (χ2n) is 7.10. The lowest BCUT2D eigenvalue weighted by Gasteiger charge is -2.38. The lowest BCUT2D eigenvalue weighted by Crippen LogP contribution is -2.57. The molecule has 5 heteroatoms. The maximum absolute atomic E-state index is 12.3. The van der Waals surface area contributed by atoms with Crippen molar-refractivity contribution in [1.29, 1.82) is 0 Å². The predicted molar refractivity (Wildman–Crippen MR) is 85.3 cm³/mol. The number of hydrogen-bond donors (Lipinski definition) is 1. The zero-order valence-corrected chi connectivity index (χ0v) is 13.6. The molecule has 2 amide bonds. The highest BCUT2D eigenvalue weighted by Crippen LogP contribution is 2.27. The molecule has 0 aromatic heterocycles. The highest BCUT2D eigenvalue weighted by molar-refractivity contribution is 5.81. The summed E-state index contributed by atoms with van der Waals surface area (Å²) < 4.78 is 0. The Balaban J connectivity index is 1.36.